The summed E-state index contributed by atoms with van der Waals surface area (Å²) in [6.45, 7) is 4.05. The summed E-state index contributed by atoms with van der Waals surface area (Å²) in [7, 11) is 0. The Morgan fingerprint density at radius 1 is 1.33 bits per heavy atom. The summed E-state index contributed by atoms with van der Waals surface area (Å²) in [5.41, 5.74) is 2.44. The Morgan fingerprint density at radius 2 is 2.00 bits per heavy atom. The van der Waals surface area contributed by atoms with Gasteiger partial charge >= 0.3 is 0 Å². The zero-order chi connectivity index (χ0) is 13.1. The van der Waals surface area contributed by atoms with Gasteiger partial charge in [0.1, 0.15) is 5.15 Å². The van der Waals surface area contributed by atoms with Gasteiger partial charge in [-0.15, -0.1) is 0 Å². The van der Waals surface area contributed by atoms with Crippen molar-refractivity contribution in [3.05, 3.63) is 41.0 Å². The Balaban J connectivity index is 2.55. The monoisotopic (exact) mass is 264 g/mol. The highest BCUT2D eigenvalue weighted by Crippen LogP contribution is 2.31. The SMILES string of the molecule is CCC(C)n1nc(-c2ccccc2)c(CO)c1Cl. The molecule has 2 aromatic rings. The molecule has 0 aliphatic rings. The lowest BCUT2D eigenvalue weighted by molar-refractivity contribution is 0.282. The van der Waals surface area contributed by atoms with Crippen LogP contribution in [0.5, 0.6) is 0 Å². The molecule has 1 N–H and O–H groups in total. The summed E-state index contributed by atoms with van der Waals surface area (Å²) < 4.78 is 1.79. The van der Waals surface area contributed by atoms with Crippen LogP contribution in [0.1, 0.15) is 31.9 Å². The molecule has 1 aromatic heterocycles. The number of aliphatic hydroxyl groups is 1. The molecule has 0 fully saturated rings. The number of aromatic nitrogens is 2. The molecule has 0 aliphatic heterocycles. The fourth-order valence-corrected chi connectivity index (χ4v) is 2.23. The van der Waals surface area contributed by atoms with E-state index in [4.69, 9.17) is 11.6 Å². The summed E-state index contributed by atoms with van der Waals surface area (Å²) in [5.74, 6) is 0. The maximum Gasteiger partial charge on any atom is 0.133 e. The molecule has 0 radical (unpaired) electrons. The van der Waals surface area contributed by atoms with Gasteiger partial charge in [0, 0.05) is 11.1 Å². The maximum absolute atomic E-state index is 9.49. The maximum atomic E-state index is 9.49. The van der Waals surface area contributed by atoms with Crippen LogP contribution in [0.2, 0.25) is 5.15 Å². The number of hydrogen-bond acceptors (Lipinski definition) is 2. The van der Waals surface area contributed by atoms with Gasteiger partial charge in [-0.1, -0.05) is 48.9 Å². The summed E-state index contributed by atoms with van der Waals surface area (Å²) in [5, 5.41) is 14.6. The van der Waals surface area contributed by atoms with Crippen LogP contribution >= 0.6 is 11.6 Å². The van der Waals surface area contributed by atoms with Crippen LogP contribution in [0.3, 0.4) is 0 Å². The summed E-state index contributed by atoms with van der Waals surface area (Å²) in [6.07, 6.45) is 0.945. The average molecular weight is 265 g/mol. The topological polar surface area (TPSA) is 38.0 Å². The molecule has 96 valence electrons. The molecule has 2 rings (SSSR count). The first kappa shape index (κ1) is 13.1. The van der Waals surface area contributed by atoms with Crippen LogP contribution in [-0.2, 0) is 6.61 Å². The highest BCUT2D eigenvalue weighted by atomic mass is 35.5. The number of halogens is 1. The Morgan fingerprint density at radius 3 is 2.56 bits per heavy atom. The Labute approximate surface area is 112 Å². The Hall–Kier alpha value is -1.32. The third kappa shape index (κ3) is 2.28. The molecule has 4 heteroatoms. The lowest BCUT2D eigenvalue weighted by Crippen LogP contribution is -2.05. The van der Waals surface area contributed by atoms with E-state index in [0.29, 0.717) is 10.7 Å². The first-order valence-electron chi connectivity index (χ1n) is 6.12. The van der Waals surface area contributed by atoms with E-state index in [9.17, 15) is 5.11 Å². The van der Waals surface area contributed by atoms with Crippen LogP contribution < -0.4 is 0 Å². The predicted molar refractivity (Wildman–Crippen MR) is 73.6 cm³/mol. The van der Waals surface area contributed by atoms with E-state index in [1.807, 2.05) is 30.3 Å². The minimum Gasteiger partial charge on any atom is -0.391 e. The first-order valence-corrected chi connectivity index (χ1v) is 6.50. The van der Waals surface area contributed by atoms with Crippen molar-refractivity contribution in [1.82, 2.24) is 9.78 Å². The molecule has 1 heterocycles. The van der Waals surface area contributed by atoms with Gasteiger partial charge in [-0.3, -0.25) is 4.68 Å². The number of aliphatic hydroxyl groups excluding tert-OH is 1. The molecule has 1 atom stereocenters. The van der Waals surface area contributed by atoms with Crippen molar-refractivity contribution in [2.75, 3.05) is 0 Å². The predicted octanol–water partition coefficient (Wildman–Crippen LogP) is 3.67. The molecule has 0 saturated heterocycles. The van der Waals surface area contributed by atoms with Gasteiger partial charge in [0.15, 0.2) is 0 Å². The van der Waals surface area contributed by atoms with Crippen LogP contribution in [0.4, 0.5) is 0 Å². The molecule has 0 amide bonds. The molecule has 1 aromatic carbocycles. The van der Waals surface area contributed by atoms with Crippen molar-refractivity contribution >= 4 is 11.6 Å². The van der Waals surface area contributed by atoms with Gasteiger partial charge < -0.3 is 5.11 Å². The van der Waals surface area contributed by atoms with Crippen LogP contribution in [0.15, 0.2) is 30.3 Å². The molecular formula is C14H17ClN2O. The number of nitrogens with zero attached hydrogens (tertiary/aromatic N) is 2. The van der Waals surface area contributed by atoms with E-state index in [1.165, 1.54) is 0 Å². The zero-order valence-corrected chi connectivity index (χ0v) is 11.4. The van der Waals surface area contributed by atoms with Crippen LogP contribution in [0, 0.1) is 0 Å². The van der Waals surface area contributed by atoms with Crippen LogP contribution in [0.25, 0.3) is 11.3 Å². The van der Waals surface area contributed by atoms with E-state index in [-0.39, 0.29) is 12.6 Å². The van der Waals surface area contributed by atoms with E-state index in [0.717, 1.165) is 17.7 Å². The molecule has 0 spiro atoms. The summed E-state index contributed by atoms with van der Waals surface area (Å²) in [6, 6.07) is 10.0. The molecule has 3 nitrogen and oxygen atoms in total. The average Bonchev–Trinajstić information content (AvgIpc) is 2.76. The molecular weight excluding hydrogens is 248 g/mol. The van der Waals surface area contributed by atoms with Gasteiger partial charge in [0.25, 0.3) is 0 Å². The number of benzene rings is 1. The fraction of sp³-hybridized carbons (Fsp3) is 0.357. The summed E-state index contributed by atoms with van der Waals surface area (Å²) in [4.78, 5) is 0. The van der Waals surface area contributed by atoms with Gasteiger partial charge in [0.2, 0.25) is 0 Å². The molecule has 1 unspecified atom stereocenters. The van der Waals surface area contributed by atoms with Gasteiger partial charge in [-0.25, -0.2) is 0 Å². The first-order chi connectivity index (χ1) is 8.69. The Bertz CT molecular complexity index is 522. The fourth-order valence-electron chi connectivity index (χ4n) is 1.88. The number of rotatable bonds is 4. The largest absolute Gasteiger partial charge is 0.391 e. The zero-order valence-electron chi connectivity index (χ0n) is 10.6. The molecule has 18 heavy (non-hydrogen) atoms. The molecule has 0 aliphatic carbocycles. The van der Waals surface area contributed by atoms with E-state index in [2.05, 4.69) is 18.9 Å². The Kier molecular flexibility index (Phi) is 4.04. The second kappa shape index (κ2) is 5.55. The van der Waals surface area contributed by atoms with Gasteiger partial charge in [-0.05, 0) is 13.3 Å². The smallest absolute Gasteiger partial charge is 0.133 e. The minimum atomic E-state index is -0.0977. The summed E-state index contributed by atoms with van der Waals surface area (Å²) >= 11 is 6.29. The van der Waals surface area contributed by atoms with Gasteiger partial charge in [-0.2, -0.15) is 5.10 Å². The molecule has 0 saturated carbocycles. The van der Waals surface area contributed by atoms with Gasteiger partial charge in [0.05, 0.1) is 18.3 Å². The number of hydrogen-bond donors (Lipinski definition) is 1. The van der Waals surface area contributed by atoms with E-state index in [1.54, 1.807) is 4.68 Å². The lowest BCUT2D eigenvalue weighted by atomic mass is 10.1. The van der Waals surface area contributed by atoms with Crippen molar-refractivity contribution in [2.45, 2.75) is 32.9 Å². The second-order valence-corrected chi connectivity index (χ2v) is 4.70. The lowest BCUT2D eigenvalue weighted by Gasteiger charge is -2.10. The third-order valence-corrected chi connectivity index (χ3v) is 3.56. The van der Waals surface area contributed by atoms with Crippen molar-refractivity contribution in [3.63, 3.8) is 0 Å². The molecule has 0 bridgehead atoms. The van der Waals surface area contributed by atoms with E-state index < -0.39 is 0 Å². The van der Waals surface area contributed by atoms with Crippen LogP contribution in [-0.4, -0.2) is 14.9 Å². The van der Waals surface area contributed by atoms with Crippen molar-refractivity contribution < 1.29 is 5.11 Å². The van der Waals surface area contributed by atoms with Crippen molar-refractivity contribution in [2.24, 2.45) is 0 Å². The standard InChI is InChI=1S/C14H17ClN2O/c1-3-10(2)17-14(15)12(9-18)13(16-17)11-7-5-4-6-8-11/h4-8,10,18H,3,9H2,1-2H3. The van der Waals surface area contributed by atoms with E-state index >= 15 is 0 Å². The normalized spacial score (nSPS) is 12.7. The van der Waals surface area contributed by atoms with Crippen molar-refractivity contribution in [3.8, 4) is 11.3 Å². The minimum absolute atomic E-state index is 0.0977. The second-order valence-electron chi connectivity index (χ2n) is 4.34. The third-order valence-electron chi connectivity index (χ3n) is 3.16. The quantitative estimate of drug-likeness (QED) is 0.915. The van der Waals surface area contributed by atoms with Crippen molar-refractivity contribution in [1.29, 1.82) is 0 Å². The highest BCUT2D eigenvalue weighted by molar-refractivity contribution is 6.30. The highest BCUT2D eigenvalue weighted by Gasteiger charge is 2.19.